The first-order valence-corrected chi connectivity index (χ1v) is 29.5. The summed E-state index contributed by atoms with van der Waals surface area (Å²) in [7, 11) is -7.55. The lowest BCUT2D eigenvalue weighted by molar-refractivity contribution is -0.120. The number of hydrogen-bond donors (Lipinski definition) is 6. The number of nitrogens with one attached hydrogen (secondary N) is 6. The summed E-state index contributed by atoms with van der Waals surface area (Å²) in [5, 5.41) is 12.5. The maximum Gasteiger partial charge on any atom is 0.280 e. The number of likely N-dealkylation sites (N-methyl/N-ethyl adjacent to an activating group) is 3. The van der Waals surface area contributed by atoms with Crippen LogP contribution in [-0.2, 0) is 45.0 Å². The van der Waals surface area contributed by atoms with Gasteiger partial charge in [0.15, 0.2) is 0 Å². The summed E-state index contributed by atoms with van der Waals surface area (Å²) >= 11 is 20.7. The number of carbonyl (C=O) groups excluding carboxylic acids is 3. The van der Waals surface area contributed by atoms with E-state index in [4.69, 9.17) is 34.8 Å². The van der Waals surface area contributed by atoms with Crippen LogP contribution in [0.3, 0.4) is 0 Å². The number of halogens is 6. The molecule has 0 radical (unpaired) electrons. The Morgan fingerprint density at radius 1 is 0.487 bits per heavy atom. The van der Waals surface area contributed by atoms with Gasteiger partial charge >= 0.3 is 0 Å². The summed E-state index contributed by atoms with van der Waals surface area (Å²) in [5.41, 5.74) is 2.53. The monoisotopic (exact) mass is 1260 g/mol. The van der Waals surface area contributed by atoms with Crippen LogP contribution in [-0.4, -0.2) is 108 Å². The summed E-state index contributed by atoms with van der Waals surface area (Å²) in [6.45, 7) is 0. The number of benzene rings is 3. The molecule has 6 aromatic rings. The lowest BCUT2D eigenvalue weighted by atomic mass is 10.0. The summed E-state index contributed by atoms with van der Waals surface area (Å²) in [5.74, 6) is -3.42. The van der Waals surface area contributed by atoms with Gasteiger partial charge in [0, 0.05) is 54.3 Å². The summed E-state index contributed by atoms with van der Waals surface area (Å²) in [4.78, 5) is 37.7. The fourth-order valence-electron chi connectivity index (χ4n) is 7.51. The number of carbonyl (C=O) groups is 3. The van der Waals surface area contributed by atoms with Crippen molar-refractivity contribution in [3.63, 3.8) is 0 Å². The molecule has 3 fully saturated rings. The Kier molecular flexibility index (Phi) is 23.3. The van der Waals surface area contributed by atoms with Crippen LogP contribution in [0.4, 0.5) is 30.2 Å². The predicted molar refractivity (Wildman–Crippen MR) is 300 cm³/mol. The quantitative estimate of drug-likeness (QED) is 0.0797. The third-order valence-corrected chi connectivity index (χ3v) is 19.0. The summed E-state index contributed by atoms with van der Waals surface area (Å²) < 4.78 is 136. The normalized spacial score (nSPS) is 22.4. The van der Waals surface area contributed by atoms with Gasteiger partial charge in [-0.25, -0.2) is 13.2 Å². The number of aromatic nitrogens is 3. The van der Waals surface area contributed by atoms with E-state index in [0.717, 1.165) is 31.1 Å². The molecule has 3 aromatic carbocycles. The predicted octanol–water partition coefficient (Wildman–Crippen LogP) is 8.37. The molecule has 2 unspecified atom stereocenters. The van der Waals surface area contributed by atoms with Crippen LogP contribution in [0.25, 0.3) is 0 Å². The third kappa shape index (κ3) is 16.0. The highest BCUT2D eigenvalue weighted by molar-refractivity contribution is 7.87. The largest absolute Gasteiger partial charge is 0.325 e. The molecule has 0 aliphatic carbocycles. The van der Waals surface area contributed by atoms with Crippen molar-refractivity contribution in [2.24, 2.45) is 0 Å². The standard InChI is InChI=1S/3C14H14ClFN4O3S2.3CH4/c3*1-20-13(14(21)17-8-2-3-10(16)9(15)6-8)7-12(19-25(20,22)23)11-4-5-24-18-11;;;/h3*2-6,12-13,19H,7H2,1H3,(H,17,21);3*1H4/t2*12-,13+;;;;/m10..../s1. The van der Waals surface area contributed by atoms with Gasteiger partial charge in [0.1, 0.15) is 35.6 Å². The van der Waals surface area contributed by atoms with Gasteiger partial charge in [-0.3, -0.25) is 14.4 Å². The van der Waals surface area contributed by atoms with Gasteiger partial charge in [-0.15, -0.1) is 0 Å². The molecule has 0 spiro atoms. The molecular weight excluding hydrogens is 1210 g/mol. The first kappa shape index (κ1) is 65.7. The Balaban J connectivity index is 0.000000248. The Bertz CT molecular complexity index is 3030. The highest BCUT2D eigenvalue weighted by Gasteiger charge is 2.44. The molecule has 426 valence electrons. The van der Waals surface area contributed by atoms with Crippen LogP contribution in [0, 0.1) is 17.5 Å². The van der Waals surface area contributed by atoms with Crippen molar-refractivity contribution in [2.45, 2.75) is 77.8 Å². The Labute approximate surface area is 477 Å². The van der Waals surface area contributed by atoms with Crippen molar-refractivity contribution >= 4 is 135 Å². The minimum absolute atomic E-state index is 0. The van der Waals surface area contributed by atoms with Gasteiger partial charge in [-0.1, -0.05) is 57.1 Å². The second-order valence-electron chi connectivity index (χ2n) is 16.5. The second kappa shape index (κ2) is 27.6. The third-order valence-electron chi connectivity index (χ3n) is 11.6. The van der Waals surface area contributed by atoms with Gasteiger partial charge in [-0.05, 0) is 127 Å². The SMILES string of the molecule is C.C.C.CN1C(C(=O)Nc2ccc(F)c(Cl)c2)CC(c2ccsn2)NS1(=O)=O.CN1[C@@H](C(=O)Nc2ccc(F)c(Cl)c2)C[C@@H](c2ccsn2)NS1(=O)=O.CN1[C@H](C(=O)Nc2ccc(F)c(Cl)c2)C[C@H](c2ccsn2)NS1(=O)=O. The van der Waals surface area contributed by atoms with Crippen LogP contribution in [0.15, 0.2) is 88.9 Å². The fraction of sp³-hybridized carbons (Fsp3) is 0.333. The number of anilines is 3. The molecule has 6 N–H and O–H groups in total. The van der Waals surface area contributed by atoms with Gasteiger partial charge in [0.2, 0.25) is 17.7 Å². The van der Waals surface area contributed by atoms with Crippen LogP contribution in [0.1, 0.15) is 76.7 Å². The van der Waals surface area contributed by atoms with Crippen molar-refractivity contribution in [1.29, 1.82) is 0 Å². The molecule has 3 aliphatic rings. The average molecular weight is 1260 g/mol. The fourth-order valence-corrected chi connectivity index (χ4v) is 13.5. The molecule has 21 nitrogen and oxygen atoms in total. The Morgan fingerprint density at radius 2 is 0.731 bits per heavy atom. The zero-order valence-electron chi connectivity index (χ0n) is 38.8. The van der Waals surface area contributed by atoms with E-state index in [-0.39, 0.29) is 73.7 Å². The second-order valence-corrected chi connectivity index (χ2v) is 25.0. The molecule has 0 bridgehead atoms. The molecule has 6 atom stereocenters. The van der Waals surface area contributed by atoms with Gasteiger partial charge in [-0.2, -0.15) is 65.5 Å². The minimum Gasteiger partial charge on any atom is -0.325 e. The summed E-state index contributed by atoms with van der Waals surface area (Å²) in [6.07, 6.45) is 0.626. The van der Waals surface area contributed by atoms with Crippen LogP contribution in [0.5, 0.6) is 0 Å². The van der Waals surface area contributed by atoms with E-state index in [0.29, 0.717) is 17.1 Å². The van der Waals surface area contributed by atoms with Crippen molar-refractivity contribution in [2.75, 3.05) is 37.1 Å². The average Bonchev–Trinajstić information content (AvgIpc) is 4.23. The van der Waals surface area contributed by atoms with E-state index in [1.807, 2.05) is 0 Å². The van der Waals surface area contributed by atoms with Crippen molar-refractivity contribution < 1.29 is 52.8 Å². The van der Waals surface area contributed by atoms with Crippen LogP contribution in [0.2, 0.25) is 15.1 Å². The van der Waals surface area contributed by atoms with Crippen LogP contribution < -0.4 is 30.1 Å². The lowest BCUT2D eigenvalue weighted by Gasteiger charge is -2.35. The van der Waals surface area contributed by atoms with Gasteiger partial charge < -0.3 is 16.0 Å². The maximum absolute atomic E-state index is 13.2. The topological polar surface area (TPSA) is 274 Å². The number of rotatable bonds is 9. The summed E-state index contributed by atoms with van der Waals surface area (Å²) in [6, 6.07) is 11.7. The molecule has 3 saturated heterocycles. The van der Waals surface area contributed by atoms with E-state index in [1.165, 1.54) is 92.1 Å². The van der Waals surface area contributed by atoms with E-state index >= 15 is 0 Å². The molecule has 33 heteroatoms. The number of hydrogen-bond acceptors (Lipinski definition) is 15. The minimum atomic E-state index is -3.84. The first-order valence-electron chi connectivity index (χ1n) is 21.6. The van der Waals surface area contributed by atoms with Gasteiger partial charge in [0.05, 0.1) is 50.3 Å². The number of nitrogens with zero attached hydrogens (tertiary/aromatic N) is 6. The lowest BCUT2D eigenvalue weighted by Crippen LogP contribution is -2.56. The molecule has 3 aliphatic heterocycles. The van der Waals surface area contributed by atoms with Crippen molar-refractivity contribution in [3.05, 3.63) is 139 Å². The first-order chi connectivity index (χ1) is 35.3. The smallest absolute Gasteiger partial charge is 0.280 e. The Hall–Kier alpha value is -4.77. The molecule has 9 rings (SSSR count). The van der Waals surface area contributed by atoms with E-state index < -0.39 is 102 Å². The Morgan fingerprint density at radius 3 is 0.936 bits per heavy atom. The molecular formula is C45H54Cl3F3N12O9S6. The van der Waals surface area contributed by atoms with Crippen molar-refractivity contribution in [3.8, 4) is 0 Å². The highest BCUT2D eigenvalue weighted by atomic mass is 35.5. The molecule has 78 heavy (non-hydrogen) atoms. The van der Waals surface area contributed by atoms with E-state index in [1.54, 1.807) is 34.3 Å². The molecule has 6 heterocycles. The van der Waals surface area contributed by atoms with Crippen LogP contribution >= 0.6 is 69.4 Å². The molecule has 0 saturated carbocycles. The number of amides is 3. The highest BCUT2D eigenvalue weighted by Crippen LogP contribution is 2.32. The van der Waals surface area contributed by atoms with E-state index in [2.05, 4.69) is 43.2 Å². The maximum atomic E-state index is 13.2. The van der Waals surface area contributed by atoms with E-state index in [9.17, 15) is 52.8 Å². The molecule has 3 amide bonds. The molecule has 3 aromatic heterocycles. The zero-order valence-corrected chi connectivity index (χ0v) is 46.0. The van der Waals surface area contributed by atoms with Crippen molar-refractivity contribution in [1.82, 2.24) is 40.2 Å². The zero-order chi connectivity index (χ0) is 54.6. The van der Waals surface area contributed by atoms with Gasteiger partial charge in [0.25, 0.3) is 30.6 Å².